The predicted molar refractivity (Wildman–Crippen MR) is 80.6 cm³/mol. The summed E-state index contributed by atoms with van der Waals surface area (Å²) in [7, 11) is 0. The van der Waals surface area contributed by atoms with Crippen LogP contribution in [-0.4, -0.2) is 5.78 Å². The molecule has 0 aliphatic rings. The Hall–Kier alpha value is -1.11. The molecule has 0 aliphatic carbocycles. The maximum atomic E-state index is 10.8. The fourth-order valence-corrected chi connectivity index (χ4v) is 1.68. The van der Waals surface area contributed by atoms with Crippen molar-refractivity contribution in [2.75, 3.05) is 0 Å². The maximum absolute atomic E-state index is 10.8. The zero-order chi connectivity index (χ0) is 14.0. The third-order valence-electron chi connectivity index (χ3n) is 2.87. The van der Waals surface area contributed by atoms with Crippen molar-refractivity contribution in [2.24, 2.45) is 5.92 Å². The van der Waals surface area contributed by atoms with E-state index < -0.39 is 0 Å². The Labute approximate surface area is 113 Å². The maximum Gasteiger partial charge on any atom is 0.152 e. The summed E-state index contributed by atoms with van der Waals surface area (Å²) in [6.07, 6.45) is 12.8. The molecule has 1 nitrogen and oxygen atoms in total. The van der Waals surface area contributed by atoms with Crippen LogP contribution in [0.5, 0.6) is 0 Å². The van der Waals surface area contributed by atoms with Crippen LogP contribution in [0.1, 0.15) is 60.3 Å². The van der Waals surface area contributed by atoms with E-state index in [1.165, 1.54) is 11.1 Å². The SMILES string of the molecule is CC(=O)/C=C/[C@H](C)CC/C=C(\C)CCC=C(C)C. The molecule has 0 saturated carbocycles. The first-order valence-electron chi connectivity index (χ1n) is 6.89. The Balaban J connectivity index is 3.86. The first kappa shape index (κ1) is 16.9. The molecule has 0 saturated heterocycles. The van der Waals surface area contributed by atoms with Crippen molar-refractivity contribution in [2.45, 2.75) is 60.3 Å². The van der Waals surface area contributed by atoms with E-state index in [2.05, 4.69) is 39.8 Å². The van der Waals surface area contributed by atoms with Gasteiger partial charge in [0.05, 0.1) is 0 Å². The summed E-state index contributed by atoms with van der Waals surface area (Å²) in [5.74, 6) is 0.617. The van der Waals surface area contributed by atoms with Crippen LogP contribution in [0, 0.1) is 5.92 Å². The van der Waals surface area contributed by atoms with E-state index in [4.69, 9.17) is 0 Å². The Morgan fingerprint density at radius 2 is 1.72 bits per heavy atom. The van der Waals surface area contributed by atoms with Crippen molar-refractivity contribution in [3.05, 3.63) is 35.5 Å². The second kappa shape index (κ2) is 9.87. The number of hydrogen-bond acceptors (Lipinski definition) is 1. The van der Waals surface area contributed by atoms with E-state index in [1.807, 2.05) is 6.08 Å². The molecule has 18 heavy (non-hydrogen) atoms. The lowest BCUT2D eigenvalue weighted by Crippen LogP contribution is -1.91. The highest BCUT2D eigenvalue weighted by Gasteiger charge is 1.96. The molecule has 0 bridgehead atoms. The van der Waals surface area contributed by atoms with Gasteiger partial charge in [0.25, 0.3) is 0 Å². The van der Waals surface area contributed by atoms with Gasteiger partial charge in [-0.2, -0.15) is 0 Å². The van der Waals surface area contributed by atoms with E-state index in [0.29, 0.717) is 5.92 Å². The van der Waals surface area contributed by atoms with Gasteiger partial charge in [-0.05, 0) is 65.4 Å². The number of allylic oxidation sites excluding steroid dienone is 6. The van der Waals surface area contributed by atoms with Crippen LogP contribution in [0.15, 0.2) is 35.5 Å². The molecule has 0 spiro atoms. The second-order valence-corrected chi connectivity index (χ2v) is 5.40. The van der Waals surface area contributed by atoms with Crippen molar-refractivity contribution in [1.29, 1.82) is 0 Å². The highest BCUT2D eigenvalue weighted by atomic mass is 16.1. The molecule has 0 rings (SSSR count). The predicted octanol–water partition coefficient (Wildman–Crippen LogP) is 5.24. The van der Waals surface area contributed by atoms with Gasteiger partial charge in [-0.15, -0.1) is 0 Å². The summed E-state index contributed by atoms with van der Waals surface area (Å²) in [5, 5.41) is 0. The zero-order valence-electron chi connectivity index (χ0n) is 12.6. The molecule has 0 heterocycles. The van der Waals surface area contributed by atoms with E-state index >= 15 is 0 Å². The summed E-state index contributed by atoms with van der Waals surface area (Å²) in [4.78, 5) is 10.8. The van der Waals surface area contributed by atoms with Gasteiger partial charge in [0.1, 0.15) is 0 Å². The van der Waals surface area contributed by atoms with E-state index in [9.17, 15) is 4.79 Å². The second-order valence-electron chi connectivity index (χ2n) is 5.40. The van der Waals surface area contributed by atoms with Crippen molar-refractivity contribution < 1.29 is 4.79 Å². The third-order valence-corrected chi connectivity index (χ3v) is 2.87. The molecule has 0 aromatic carbocycles. The van der Waals surface area contributed by atoms with Gasteiger partial charge in [-0.1, -0.05) is 36.3 Å². The first-order valence-corrected chi connectivity index (χ1v) is 6.89. The lowest BCUT2D eigenvalue weighted by atomic mass is 10.0. The lowest BCUT2D eigenvalue weighted by Gasteiger charge is -2.04. The lowest BCUT2D eigenvalue weighted by molar-refractivity contribution is -0.112. The molecular weight excluding hydrogens is 220 g/mol. The zero-order valence-corrected chi connectivity index (χ0v) is 12.6. The van der Waals surface area contributed by atoms with Gasteiger partial charge in [0.2, 0.25) is 0 Å². The molecule has 0 aromatic heterocycles. The summed E-state index contributed by atoms with van der Waals surface area (Å²) < 4.78 is 0. The molecule has 1 heteroatoms. The number of rotatable bonds is 8. The van der Waals surface area contributed by atoms with E-state index in [0.717, 1.165) is 25.7 Å². The Morgan fingerprint density at radius 3 is 2.28 bits per heavy atom. The summed E-state index contributed by atoms with van der Waals surface area (Å²) in [6.45, 7) is 10.2. The minimum atomic E-state index is 0.135. The topological polar surface area (TPSA) is 17.1 Å². The van der Waals surface area contributed by atoms with Crippen molar-refractivity contribution in [3.8, 4) is 0 Å². The number of carbonyl (C=O) groups excluding carboxylic acids is 1. The normalized spacial score (nSPS) is 13.7. The Kier molecular flexibility index (Phi) is 9.26. The Morgan fingerprint density at radius 1 is 1.06 bits per heavy atom. The van der Waals surface area contributed by atoms with Gasteiger partial charge in [0.15, 0.2) is 5.78 Å². The molecule has 0 unspecified atom stereocenters. The molecule has 0 N–H and O–H groups in total. The molecule has 1 atom stereocenters. The van der Waals surface area contributed by atoms with Crippen molar-refractivity contribution in [1.82, 2.24) is 0 Å². The number of carbonyl (C=O) groups is 1. The fraction of sp³-hybridized carbons (Fsp3) is 0.588. The minimum Gasteiger partial charge on any atom is -0.295 e. The van der Waals surface area contributed by atoms with Crippen LogP contribution >= 0.6 is 0 Å². The van der Waals surface area contributed by atoms with Crippen LogP contribution in [0.25, 0.3) is 0 Å². The quantitative estimate of drug-likeness (QED) is 0.424. The average Bonchev–Trinajstić information content (AvgIpc) is 2.25. The van der Waals surface area contributed by atoms with Crippen molar-refractivity contribution in [3.63, 3.8) is 0 Å². The fourth-order valence-electron chi connectivity index (χ4n) is 1.68. The molecule has 0 amide bonds. The van der Waals surface area contributed by atoms with Crippen LogP contribution in [0.3, 0.4) is 0 Å². The van der Waals surface area contributed by atoms with Gasteiger partial charge in [0, 0.05) is 0 Å². The third kappa shape index (κ3) is 11.4. The molecule has 0 fully saturated rings. The first-order chi connectivity index (χ1) is 8.41. The van der Waals surface area contributed by atoms with E-state index in [1.54, 1.807) is 13.0 Å². The van der Waals surface area contributed by atoms with Crippen LogP contribution in [0.2, 0.25) is 0 Å². The summed E-state index contributed by atoms with van der Waals surface area (Å²) in [5.41, 5.74) is 2.86. The van der Waals surface area contributed by atoms with Gasteiger partial charge in [-0.25, -0.2) is 0 Å². The van der Waals surface area contributed by atoms with Gasteiger partial charge >= 0.3 is 0 Å². The van der Waals surface area contributed by atoms with Crippen LogP contribution < -0.4 is 0 Å². The monoisotopic (exact) mass is 248 g/mol. The van der Waals surface area contributed by atoms with Crippen LogP contribution in [-0.2, 0) is 4.79 Å². The Bertz CT molecular complexity index is 328. The van der Waals surface area contributed by atoms with Crippen LogP contribution in [0.4, 0.5) is 0 Å². The molecular formula is C17H28O. The summed E-state index contributed by atoms with van der Waals surface area (Å²) in [6, 6.07) is 0. The average molecular weight is 248 g/mol. The largest absolute Gasteiger partial charge is 0.295 e. The molecule has 0 radical (unpaired) electrons. The number of ketones is 1. The summed E-state index contributed by atoms with van der Waals surface area (Å²) >= 11 is 0. The van der Waals surface area contributed by atoms with Crippen molar-refractivity contribution >= 4 is 5.78 Å². The highest BCUT2D eigenvalue weighted by molar-refractivity contribution is 5.87. The molecule has 102 valence electrons. The molecule has 0 aliphatic heterocycles. The van der Waals surface area contributed by atoms with Gasteiger partial charge < -0.3 is 0 Å². The van der Waals surface area contributed by atoms with E-state index in [-0.39, 0.29) is 5.78 Å². The number of hydrogen-bond donors (Lipinski definition) is 0. The minimum absolute atomic E-state index is 0.135. The molecule has 0 aromatic rings. The standard InChI is InChI=1S/C17H28O/c1-14(2)8-6-9-15(3)10-7-11-16(4)12-13-17(5)18/h8,10,12-13,16H,6-7,9,11H2,1-5H3/b13-12+,15-10+/t16-/m1/s1. The highest BCUT2D eigenvalue weighted by Crippen LogP contribution is 2.12. The smallest absolute Gasteiger partial charge is 0.152 e. The van der Waals surface area contributed by atoms with Gasteiger partial charge in [-0.3, -0.25) is 4.79 Å².